The second-order valence-electron chi connectivity index (χ2n) is 6.41. The number of morpholine rings is 1. The first-order chi connectivity index (χ1) is 10.0. The van der Waals surface area contributed by atoms with Gasteiger partial charge < -0.3 is 15.4 Å². The standard InChI is InChI=1S/C16H34N4O/c1-6-17-16(19-15(5)13(2)3)18-11-14(4)12-20-7-9-21-10-8-20/h13-15H,6-12H2,1-5H3,(H2,17,18,19). The average Bonchev–Trinajstić information content (AvgIpc) is 2.46. The lowest BCUT2D eigenvalue weighted by Crippen LogP contribution is -2.44. The minimum atomic E-state index is 0.428. The SMILES string of the molecule is CCNC(=NCC(C)CN1CCOCC1)NC(C)C(C)C. The zero-order valence-electron chi connectivity index (χ0n) is 14.5. The van der Waals surface area contributed by atoms with E-state index in [1.165, 1.54) is 0 Å². The fourth-order valence-corrected chi connectivity index (χ4v) is 2.23. The maximum Gasteiger partial charge on any atom is 0.191 e. The maximum atomic E-state index is 5.39. The van der Waals surface area contributed by atoms with Gasteiger partial charge in [-0.25, -0.2) is 0 Å². The number of guanidine groups is 1. The second kappa shape index (κ2) is 10.0. The molecule has 0 aromatic rings. The van der Waals surface area contributed by atoms with E-state index in [1.807, 2.05) is 0 Å². The molecule has 1 rings (SSSR count). The Morgan fingerprint density at radius 2 is 1.86 bits per heavy atom. The monoisotopic (exact) mass is 298 g/mol. The summed E-state index contributed by atoms with van der Waals surface area (Å²) in [7, 11) is 0. The van der Waals surface area contributed by atoms with Crippen molar-refractivity contribution in [1.82, 2.24) is 15.5 Å². The van der Waals surface area contributed by atoms with Crippen molar-refractivity contribution in [3.63, 3.8) is 0 Å². The van der Waals surface area contributed by atoms with E-state index in [4.69, 9.17) is 9.73 Å². The van der Waals surface area contributed by atoms with Crippen LogP contribution in [-0.2, 0) is 4.74 Å². The molecule has 21 heavy (non-hydrogen) atoms. The van der Waals surface area contributed by atoms with Crippen molar-refractivity contribution in [1.29, 1.82) is 0 Å². The summed E-state index contributed by atoms with van der Waals surface area (Å²) in [5.41, 5.74) is 0. The highest BCUT2D eigenvalue weighted by Crippen LogP contribution is 2.04. The van der Waals surface area contributed by atoms with Crippen molar-refractivity contribution in [2.24, 2.45) is 16.8 Å². The van der Waals surface area contributed by atoms with Gasteiger partial charge in [0.2, 0.25) is 0 Å². The average molecular weight is 298 g/mol. The number of rotatable bonds is 7. The third kappa shape index (κ3) is 7.67. The van der Waals surface area contributed by atoms with Crippen LogP contribution in [0.1, 0.15) is 34.6 Å². The molecule has 2 unspecified atom stereocenters. The van der Waals surface area contributed by atoms with Gasteiger partial charge in [0.1, 0.15) is 0 Å². The molecule has 0 amide bonds. The number of hydrogen-bond acceptors (Lipinski definition) is 3. The summed E-state index contributed by atoms with van der Waals surface area (Å²) >= 11 is 0. The maximum absolute atomic E-state index is 5.39. The van der Waals surface area contributed by atoms with Crippen LogP contribution in [0.3, 0.4) is 0 Å². The first-order valence-corrected chi connectivity index (χ1v) is 8.37. The van der Waals surface area contributed by atoms with Crippen molar-refractivity contribution < 1.29 is 4.74 Å². The van der Waals surface area contributed by atoms with E-state index in [0.29, 0.717) is 17.9 Å². The largest absolute Gasteiger partial charge is 0.379 e. The predicted molar refractivity (Wildman–Crippen MR) is 89.8 cm³/mol. The molecule has 1 heterocycles. The molecule has 124 valence electrons. The Kier molecular flexibility index (Phi) is 8.69. The lowest BCUT2D eigenvalue weighted by molar-refractivity contribution is 0.0323. The van der Waals surface area contributed by atoms with Crippen LogP contribution < -0.4 is 10.6 Å². The quantitative estimate of drug-likeness (QED) is 0.553. The molecule has 1 aliphatic rings. The first-order valence-electron chi connectivity index (χ1n) is 8.37. The smallest absolute Gasteiger partial charge is 0.191 e. The van der Waals surface area contributed by atoms with Crippen molar-refractivity contribution in [3.8, 4) is 0 Å². The molecule has 1 aliphatic heterocycles. The lowest BCUT2D eigenvalue weighted by atomic mass is 10.1. The first kappa shape index (κ1) is 18.2. The highest BCUT2D eigenvalue weighted by Gasteiger charge is 2.14. The summed E-state index contributed by atoms with van der Waals surface area (Å²) in [6, 6.07) is 0.428. The number of aliphatic imine (C=N–C) groups is 1. The molecular formula is C16H34N4O. The predicted octanol–water partition coefficient (Wildman–Crippen LogP) is 1.55. The number of nitrogens with one attached hydrogen (secondary N) is 2. The van der Waals surface area contributed by atoms with E-state index in [1.54, 1.807) is 0 Å². The summed E-state index contributed by atoms with van der Waals surface area (Å²) in [4.78, 5) is 7.21. The van der Waals surface area contributed by atoms with Crippen LogP contribution in [-0.4, -0.2) is 62.8 Å². The van der Waals surface area contributed by atoms with Crippen LogP contribution in [0, 0.1) is 11.8 Å². The Hall–Kier alpha value is -0.810. The van der Waals surface area contributed by atoms with Crippen LogP contribution in [0.25, 0.3) is 0 Å². The van der Waals surface area contributed by atoms with E-state index in [-0.39, 0.29) is 0 Å². The van der Waals surface area contributed by atoms with Gasteiger partial charge in [-0.15, -0.1) is 0 Å². The van der Waals surface area contributed by atoms with Crippen LogP contribution in [0.2, 0.25) is 0 Å². The molecule has 5 heteroatoms. The van der Waals surface area contributed by atoms with Crippen molar-refractivity contribution in [2.45, 2.75) is 40.7 Å². The molecule has 2 N–H and O–H groups in total. The number of nitrogens with zero attached hydrogens (tertiary/aromatic N) is 2. The van der Waals surface area contributed by atoms with Crippen molar-refractivity contribution >= 4 is 5.96 Å². The van der Waals surface area contributed by atoms with E-state index < -0.39 is 0 Å². The van der Waals surface area contributed by atoms with Gasteiger partial charge in [-0.05, 0) is 25.7 Å². The van der Waals surface area contributed by atoms with Crippen LogP contribution in [0.5, 0.6) is 0 Å². The Balaban J connectivity index is 2.40. The molecule has 0 aromatic carbocycles. The molecule has 2 atom stereocenters. The Labute approximate surface area is 130 Å². The van der Waals surface area contributed by atoms with Crippen molar-refractivity contribution in [3.05, 3.63) is 0 Å². The topological polar surface area (TPSA) is 48.9 Å². The van der Waals surface area contributed by atoms with Gasteiger partial charge in [0.15, 0.2) is 5.96 Å². The third-order valence-corrected chi connectivity index (χ3v) is 3.94. The molecule has 0 radical (unpaired) electrons. The van der Waals surface area contributed by atoms with E-state index >= 15 is 0 Å². The van der Waals surface area contributed by atoms with Crippen LogP contribution in [0.15, 0.2) is 4.99 Å². The minimum absolute atomic E-state index is 0.428. The lowest BCUT2D eigenvalue weighted by Gasteiger charge is -2.28. The van der Waals surface area contributed by atoms with E-state index in [0.717, 1.165) is 51.9 Å². The summed E-state index contributed by atoms with van der Waals surface area (Å²) in [6.45, 7) is 17.7. The summed E-state index contributed by atoms with van der Waals surface area (Å²) < 4.78 is 5.39. The molecule has 0 bridgehead atoms. The van der Waals surface area contributed by atoms with Crippen molar-refractivity contribution in [2.75, 3.05) is 45.9 Å². The molecule has 5 nitrogen and oxygen atoms in total. The number of hydrogen-bond donors (Lipinski definition) is 2. The van der Waals surface area contributed by atoms with Gasteiger partial charge in [-0.1, -0.05) is 20.8 Å². The highest BCUT2D eigenvalue weighted by molar-refractivity contribution is 5.80. The molecule has 0 spiro atoms. The summed E-state index contributed by atoms with van der Waals surface area (Å²) in [6.07, 6.45) is 0. The van der Waals surface area contributed by atoms with Gasteiger partial charge in [0.05, 0.1) is 13.2 Å². The Morgan fingerprint density at radius 1 is 1.19 bits per heavy atom. The summed E-state index contributed by atoms with van der Waals surface area (Å²) in [5, 5.41) is 6.81. The van der Waals surface area contributed by atoms with Gasteiger partial charge >= 0.3 is 0 Å². The highest BCUT2D eigenvalue weighted by atomic mass is 16.5. The fourth-order valence-electron chi connectivity index (χ4n) is 2.23. The van der Waals surface area contributed by atoms with Crippen LogP contribution >= 0.6 is 0 Å². The van der Waals surface area contributed by atoms with Gasteiger partial charge in [-0.2, -0.15) is 0 Å². The van der Waals surface area contributed by atoms with Crippen LogP contribution in [0.4, 0.5) is 0 Å². The van der Waals surface area contributed by atoms with Gasteiger partial charge in [0.25, 0.3) is 0 Å². The zero-order chi connectivity index (χ0) is 15.7. The van der Waals surface area contributed by atoms with E-state index in [2.05, 4.69) is 50.2 Å². The molecular weight excluding hydrogens is 264 g/mol. The normalized spacial score (nSPS) is 20.4. The van der Waals surface area contributed by atoms with E-state index in [9.17, 15) is 0 Å². The molecule has 1 saturated heterocycles. The van der Waals surface area contributed by atoms with Gasteiger partial charge in [-0.3, -0.25) is 9.89 Å². The Morgan fingerprint density at radius 3 is 2.43 bits per heavy atom. The molecule has 0 aliphatic carbocycles. The molecule has 0 aromatic heterocycles. The zero-order valence-corrected chi connectivity index (χ0v) is 14.5. The Bertz CT molecular complexity index is 301. The third-order valence-electron chi connectivity index (χ3n) is 3.94. The second-order valence-corrected chi connectivity index (χ2v) is 6.41. The fraction of sp³-hybridized carbons (Fsp3) is 0.938. The number of ether oxygens (including phenoxy) is 1. The van der Waals surface area contributed by atoms with Gasteiger partial charge in [0, 0.05) is 38.8 Å². The molecule has 0 saturated carbocycles. The minimum Gasteiger partial charge on any atom is -0.379 e. The summed E-state index contributed by atoms with van der Waals surface area (Å²) in [5.74, 6) is 2.10. The molecule has 1 fully saturated rings.